The molecule has 0 radical (unpaired) electrons. The fourth-order valence-corrected chi connectivity index (χ4v) is 2.93. The van der Waals surface area contributed by atoms with Crippen molar-refractivity contribution < 1.29 is 9.72 Å². The Labute approximate surface area is 172 Å². The number of nitro groups is 1. The molecule has 0 aliphatic carbocycles. The van der Waals surface area contributed by atoms with Crippen molar-refractivity contribution in [2.24, 2.45) is 0 Å². The van der Waals surface area contributed by atoms with Gasteiger partial charge in [0.1, 0.15) is 0 Å². The Hall–Kier alpha value is -3.95. The van der Waals surface area contributed by atoms with Crippen LogP contribution in [0.5, 0.6) is 0 Å². The van der Waals surface area contributed by atoms with Crippen molar-refractivity contribution >= 4 is 34.1 Å². The van der Waals surface area contributed by atoms with E-state index in [0.29, 0.717) is 30.4 Å². The van der Waals surface area contributed by atoms with Gasteiger partial charge in [0.25, 0.3) is 11.2 Å². The Kier molecular flexibility index (Phi) is 6.58. The Bertz CT molecular complexity index is 1110. The summed E-state index contributed by atoms with van der Waals surface area (Å²) in [6.07, 6.45) is 0.799. The highest BCUT2D eigenvalue weighted by atomic mass is 16.6. The number of carbonyl (C=O) groups excluding carboxylic acids is 1. The smallest absolute Gasteiger partial charge is 0.269 e. The van der Waals surface area contributed by atoms with Crippen LogP contribution in [0.25, 0.3) is 10.9 Å². The molecule has 0 spiro atoms. The van der Waals surface area contributed by atoms with E-state index in [-0.39, 0.29) is 29.5 Å². The lowest BCUT2D eigenvalue weighted by Gasteiger charge is -2.14. The molecule has 30 heavy (non-hydrogen) atoms. The van der Waals surface area contributed by atoms with Crippen molar-refractivity contribution in [3.05, 3.63) is 69.0 Å². The predicted octanol–water partition coefficient (Wildman–Crippen LogP) is 2.66. The number of nitro benzene ring substituents is 1. The van der Waals surface area contributed by atoms with Crippen LogP contribution in [0.15, 0.2) is 53.3 Å². The summed E-state index contributed by atoms with van der Waals surface area (Å²) < 4.78 is 1.46. The Morgan fingerprint density at radius 1 is 1.17 bits per heavy atom. The molecule has 1 aromatic heterocycles. The van der Waals surface area contributed by atoms with Crippen LogP contribution in [0, 0.1) is 10.1 Å². The Balaban J connectivity index is 1.50. The van der Waals surface area contributed by atoms with E-state index in [1.54, 1.807) is 36.4 Å². The number of hydrogen-bond acceptors (Lipinski definition) is 7. The molecule has 1 amide bonds. The molecule has 0 aliphatic rings. The van der Waals surface area contributed by atoms with Gasteiger partial charge in [-0.25, -0.2) is 4.98 Å². The van der Waals surface area contributed by atoms with E-state index < -0.39 is 4.92 Å². The maximum atomic E-state index is 12.6. The molecule has 0 saturated carbocycles. The van der Waals surface area contributed by atoms with Gasteiger partial charge in [0.15, 0.2) is 0 Å². The topological polar surface area (TPSA) is 131 Å². The number of rotatable bonds is 9. The first-order valence-electron chi connectivity index (χ1n) is 9.52. The first-order chi connectivity index (χ1) is 14.5. The molecule has 1 heterocycles. The third-order valence-corrected chi connectivity index (χ3v) is 4.48. The van der Waals surface area contributed by atoms with Gasteiger partial charge in [0.05, 0.1) is 15.8 Å². The van der Waals surface area contributed by atoms with Gasteiger partial charge in [-0.05, 0) is 37.6 Å². The molecule has 3 N–H and O–H groups in total. The lowest BCUT2D eigenvalue weighted by Crippen LogP contribution is -2.34. The largest absolute Gasteiger partial charge is 0.385 e. The van der Waals surface area contributed by atoms with E-state index in [1.807, 2.05) is 6.92 Å². The van der Waals surface area contributed by atoms with Gasteiger partial charge < -0.3 is 5.32 Å². The molecule has 10 nitrogen and oxygen atoms in total. The number of aromatic nitrogens is 2. The number of benzene rings is 2. The van der Waals surface area contributed by atoms with Crippen LogP contribution < -0.4 is 21.7 Å². The fraction of sp³-hybridized carbons (Fsp3) is 0.250. The number of nitrogens with one attached hydrogen (secondary N) is 3. The number of carbonyl (C=O) groups is 1. The van der Waals surface area contributed by atoms with Gasteiger partial charge in [0, 0.05) is 37.3 Å². The Morgan fingerprint density at radius 3 is 2.60 bits per heavy atom. The zero-order valence-electron chi connectivity index (χ0n) is 16.4. The van der Waals surface area contributed by atoms with E-state index in [4.69, 9.17) is 0 Å². The molecule has 3 rings (SSSR count). The number of amides is 1. The molecule has 0 bridgehead atoms. The van der Waals surface area contributed by atoms with Crippen molar-refractivity contribution in [3.8, 4) is 0 Å². The van der Waals surface area contributed by atoms with E-state index in [2.05, 4.69) is 21.2 Å². The second kappa shape index (κ2) is 9.50. The molecule has 0 unspecified atom stereocenters. The van der Waals surface area contributed by atoms with Crippen LogP contribution in [0.3, 0.4) is 0 Å². The van der Waals surface area contributed by atoms with Gasteiger partial charge in [0.2, 0.25) is 11.9 Å². The van der Waals surface area contributed by atoms with Crippen molar-refractivity contribution in [2.75, 3.05) is 17.3 Å². The summed E-state index contributed by atoms with van der Waals surface area (Å²) in [7, 11) is 0. The van der Waals surface area contributed by atoms with E-state index in [9.17, 15) is 19.7 Å². The second-order valence-corrected chi connectivity index (χ2v) is 6.51. The molecule has 156 valence electrons. The molecular formula is C20H22N6O4. The van der Waals surface area contributed by atoms with Crippen molar-refractivity contribution in [1.29, 1.82) is 0 Å². The first-order valence-corrected chi connectivity index (χ1v) is 9.52. The SMILES string of the molecule is CCn1c(NNC(=O)CCCNc2ccc([N+](=O)[O-])cc2)nc2ccccc2c1=O. The molecule has 0 aliphatic heterocycles. The number of anilines is 2. The fourth-order valence-electron chi connectivity index (χ4n) is 2.93. The standard InChI is InChI=1S/C20H22N6O4/c1-2-25-19(28)16-6-3-4-7-17(16)22-20(25)24-23-18(27)8-5-13-21-14-9-11-15(12-10-14)26(29)30/h3-4,6-7,9-12,21H,2,5,8,13H2,1H3,(H,22,24)(H,23,27). The molecule has 0 saturated heterocycles. The van der Waals surface area contributed by atoms with Crippen molar-refractivity contribution in [1.82, 2.24) is 15.0 Å². The van der Waals surface area contributed by atoms with Crippen molar-refractivity contribution in [2.45, 2.75) is 26.3 Å². The number of hydrazine groups is 1. The van der Waals surface area contributed by atoms with Gasteiger partial charge in [-0.15, -0.1) is 0 Å². The molecule has 3 aromatic rings. The summed E-state index contributed by atoms with van der Waals surface area (Å²) >= 11 is 0. The Morgan fingerprint density at radius 2 is 1.90 bits per heavy atom. The van der Waals surface area contributed by atoms with Crippen LogP contribution in [-0.4, -0.2) is 26.9 Å². The van der Waals surface area contributed by atoms with E-state index >= 15 is 0 Å². The summed E-state index contributed by atoms with van der Waals surface area (Å²) in [5.41, 5.74) is 6.46. The van der Waals surface area contributed by atoms with Crippen LogP contribution in [0.4, 0.5) is 17.3 Å². The van der Waals surface area contributed by atoms with Gasteiger partial charge >= 0.3 is 0 Å². The molecule has 0 atom stereocenters. The average Bonchev–Trinajstić information content (AvgIpc) is 2.75. The molecule has 2 aromatic carbocycles. The van der Waals surface area contributed by atoms with Crippen LogP contribution in [-0.2, 0) is 11.3 Å². The minimum Gasteiger partial charge on any atom is -0.385 e. The normalized spacial score (nSPS) is 10.6. The lowest BCUT2D eigenvalue weighted by atomic mass is 10.2. The van der Waals surface area contributed by atoms with E-state index in [1.165, 1.54) is 16.7 Å². The molecule has 10 heteroatoms. The number of nitrogens with zero attached hydrogens (tertiary/aromatic N) is 3. The van der Waals surface area contributed by atoms with Gasteiger partial charge in [-0.2, -0.15) is 0 Å². The van der Waals surface area contributed by atoms with Gasteiger partial charge in [-0.1, -0.05) is 12.1 Å². The summed E-state index contributed by atoms with van der Waals surface area (Å²) in [5, 5.41) is 14.3. The van der Waals surface area contributed by atoms with Crippen LogP contribution >= 0.6 is 0 Å². The van der Waals surface area contributed by atoms with E-state index in [0.717, 1.165) is 5.69 Å². The quantitative estimate of drug-likeness (QED) is 0.281. The summed E-state index contributed by atoms with van der Waals surface area (Å²) in [6.45, 7) is 2.77. The zero-order chi connectivity index (χ0) is 21.5. The van der Waals surface area contributed by atoms with Gasteiger partial charge in [-0.3, -0.25) is 35.1 Å². The summed E-state index contributed by atoms with van der Waals surface area (Å²) in [4.78, 5) is 39.3. The lowest BCUT2D eigenvalue weighted by molar-refractivity contribution is -0.384. The van der Waals surface area contributed by atoms with Crippen LogP contribution in [0.2, 0.25) is 0 Å². The maximum absolute atomic E-state index is 12.6. The first kappa shape index (κ1) is 20.8. The number of para-hydroxylation sites is 1. The highest BCUT2D eigenvalue weighted by Gasteiger charge is 2.10. The molecular weight excluding hydrogens is 388 g/mol. The zero-order valence-corrected chi connectivity index (χ0v) is 16.4. The maximum Gasteiger partial charge on any atom is 0.269 e. The highest BCUT2D eigenvalue weighted by Crippen LogP contribution is 2.15. The minimum absolute atomic E-state index is 0.0267. The minimum atomic E-state index is -0.455. The number of hydrogen-bond donors (Lipinski definition) is 3. The second-order valence-electron chi connectivity index (χ2n) is 6.51. The summed E-state index contributed by atoms with van der Waals surface area (Å²) in [5.74, 6) is 0.0316. The number of non-ortho nitro benzene ring substituents is 1. The number of fused-ring (bicyclic) bond motifs is 1. The predicted molar refractivity (Wildman–Crippen MR) is 114 cm³/mol. The average molecular weight is 410 g/mol. The molecule has 0 fully saturated rings. The third kappa shape index (κ3) is 4.90. The summed E-state index contributed by atoms with van der Waals surface area (Å²) in [6, 6.07) is 13.1. The monoisotopic (exact) mass is 410 g/mol. The highest BCUT2D eigenvalue weighted by molar-refractivity contribution is 5.80. The third-order valence-electron chi connectivity index (χ3n) is 4.48. The van der Waals surface area contributed by atoms with Crippen molar-refractivity contribution in [3.63, 3.8) is 0 Å². The van der Waals surface area contributed by atoms with Crippen LogP contribution in [0.1, 0.15) is 19.8 Å².